The van der Waals surface area contributed by atoms with Gasteiger partial charge in [0.15, 0.2) is 0 Å². The molecule has 3 nitrogen and oxygen atoms in total. The molecular formula is C20H21BrN2O. The van der Waals surface area contributed by atoms with Crippen LogP contribution in [0.4, 0.5) is 0 Å². The molecule has 4 rings (SSSR count). The Balaban J connectivity index is 1.44. The van der Waals surface area contributed by atoms with E-state index in [-0.39, 0.29) is 5.91 Å². The summed E-state index contributed by atoms with van der Waals surface area (Å²) in [6.07, 6.45) is 2.18. The van der Waals surface area contributed by atoms with Crippen LogP contribution < -0.4 is 0 Å². The summed E-state index contributed by atoms with van der Waals surface area (Å²) in [5.41, 5.74) is 3.69. The third-order valence-electron chi connectivity index (χ3n) is 5.23. The first-order valence-corrected chi connectivity index (χ1v) is 9.36. The molecule has 1 amide bonds. The Morgan fingerprint density at radius 2 is 1.75 bits per heavy atom. The first kappa shape index (κ1) is 15.9. The smallest absolute Gasteiger partial charge is 0.255 e. The lowest BCUT2D eigenvalue weighted by atomic mass is 9.98. The van der Waals surface area contributed by atoms with Gasteiger partial charge in [0, 0.05) is 36.7 Å². The molecule has 0 N–H and O–H groups in total. The molecular weight excluding hydrogens is 364 g/mol. The zero-order valence-corrected chi connectivity index (χ0v) is 15.2. The third kappa shape index (κ3) is 3.01. The summed E-state index contributed by atoms with van der Waals surface area (Å²) in [5.74, 6) is 0.141. The molecule has 0 aliphatic carbocycles. The van der Waals surface area contributed by atoms with Crippen LogP contribution >= 0.6 is 15.9 Å². The van der Waals surface area contributed by atoms with E-state index >= 15 is 0 Å². The normalized spacial score (nSPS) is 20.9. The molecule has 0 radical (unpaired) electrons. The Kier molecular flexibility index (Phi) is 4.42. The van der Waals surface area contributed by atoms with E-state index in [0.717, 1.165) is 49.1 Å². The van der Waals surface area contributed by atoms with Crippen molar-refractivity contribution in [1.82, 2.24) is 9.80 Å². The van der Waals surface area contributed by atoms with Crippen molar-refractivity contribution in [3.8, 4) is 0 Å². The number of nitrogens with zero attached hydrogens (tertiary/aromatic N) is 2. The molecule has 2 aliphatic rings. The van der Waals surface area contributed by atoms with Crippen molar-refractivity contribution in [3.05, 3.63) is 69.7 Å². The predicted molar refractivity (Wildman–Crippen MR) is 99.0 cm³/mol. The summed E-state index contributed by atoms with van der Waals surface area (Å²) in [6.45, 7) is 3.79. The highest BCUT2D eigenvalue weighted by Gasteiger charge is 2.32. The van der Waals surface area contributed by atoms with E-state index in [2.05, 4.69) is 45.1 Å². The van der Waals surface area contributed by atoms with Crippen LogP contribution in [0.15, 0.2) is 53.0 Å². The van der Waals surface area contributed by atoms with E-state index in [0.29, 0.717) is 6.04 Å². The summed E-state index contributed by atoms with van der Waals surface area (Å²) in [6, 6.07) is 16.9. The lowest BCUT2D eigenvalue weighted by molar-refractivity contribution is 0.0772. The molecule has 1 unspecified atom stereocenters. The molecule has 0 bridgehead atoms. The maximum Gasteiger partial charge on any atom is 0.255 e. The molecule has 124 valence electrons. The van der Waals surface area contributed by atoms with Crippen molar-refractivity contribution < 1.29 is 4.79 Å². The maximum atomic E-state index is 12.8. The highest BCUT2D eigenvalue weighted by Crippen LogP contribution is 2.26. The molecule has 0 aromatic heterocycles. The second-order valence-corrected chi connectivity index (χ2v) is 7.52. The lowest BCUT2D eigenvalue weighted by Gasteiger charge is -2.33. The van der Waals surface area contributed by atoms with Crippen LogP contribution in [0, 0.1) is 0 Å². The van der Waals surface area contributed by atoms with E-state index < -0.39 is 0 Å². The molecule has 1 fully saturated rings. The molecule has 0 spiro atoms. The number of carbonyl (C=O) groups is 1. The van der Waals surface area contributed by atoms with E-state index in [4.69, 9.17) is 0 Å². The maximum absolute atomic E-state index is 12.8. The van der Waals surface area contributed by atoms with E-state index in [1.165, 1.54) is 11.1 Å². The molecule has 2 aromatic carbocycles. The second kappa shape index (κ2) is 6.69. The molecule has 1 saturated heterocycles. The Labute approximate surface area is 151 Å². The Hall–Kier alpha value is -1.65. The number of amides is 1. The summed E-state index contributed by atoms with van der Waals surface area (Å²) in [5, 5.41) is 0. The van der Waals surface area contributed by atoms with Gasteiger partial charge in [-0.15, -0.1) is 0 Å². The standard InChI is InChI=1S/C20H21BrN2O/c21-19-8-4-3-7-18(19)20(24)23-12-10-17(14-23)22-11-9-15-5-1-2-6-16(15)13-22/h1-8,17H,9-14H2. The fraction of sp³-hybridized carbons (Fsp3) is 0.350. The van der Waals surface area contributed by atoms with Crippen LogP contribution in [-0.4, -0.2) is 41.4 Å². The van der Waals surface area contributed by atoms with Gasteiger partial charge < -0.3 is 4.90 Å². The monoisotopic (exact) mass is 384 g/mol. The molecule has 1 atom stereocenters. The highest BCUT2D eigenvalue weighted by atomic mass is 79.9. The second-order valence-electron chi connectivity index (χ2n) is 6.66. The van der Waals surface area contributed by atoms with Gasteiger partial charge in [-0.1, -0.05) is 36.4 Å². The van der Waals surface area contributed by atoms with Crippen molar-refractivity contribution in [2.75, 3.05) is 19.6 Å². The van der Waals surface area contributed by atoms with E-state index in [9.17, 15) is 4.79 Å². The van der Waals surface area contributed by atoms with Gasteiger partial charge in [-0.25, -0.2) is 0 Å². The van der Waals surface area contributed by atoms with Crippen LogP contribution in [-0.2, 0) is 13.0 Å². The number of fused-ring (bicyclic) bond motifs is 1. The van der Waals surface area contributed by atoms with Gasteiger partial charge in [0.25, 0.3) is 5.91 Å². The van der Waals surface area contributed by atoms with E-state index in [1.807, 2.05) is 29.2 Å². The van der Waals surface area contributed by atoms with Crippen molar-refractivity contribution in [2.45, 2.75) is 25.4 Å². The number of benzene rings is 2. The molecule has 2 heterocycles. The number of rotatable bonds is 2. The number of halogens is 1. The van der Waals surface area contributed by atoms with Gasteiger partial charge in [0.05, 0.1) is 5.56 Å². The van der Waals surface area contributed by atoms with Gasteiger partial charge in [-0.05, 0) is 52.0 Å². The van der Waals surface area contributed by atoms with Crippen LogP contribution in [0.1, 0.15) is 27.9 Å². The van der Waals surface area contributed by atoms with Gasteiger partial charge in [-0.3, -0.25) is 9.69 Å². The average molecular weight is 385 g/mol. The van der Waals surface area contributed by atoms with Gasteiger partial charge in [0.2, 0.25) is 0 Å². The van der Waals surface area contributed by atoms with Gasteiger partial charge in [-0.2, -0.15) is 0 Å². The number of carbonyl (C=O) groups excluding carboxylic acids is 1. The van der Waals surface area contributed by atoms with Gasteiger partial charge >= 0.3 is 0 Å². The van der Waals surface area contributed by atoms with E-state index in [1.54, 1.807) is 0 Å². The third-order valence-corrected chi connectivity index (χ3v) is 5.92. The molecule has 4 heteroatoms. The van der Waals surface area contributed by atoms with Crippen LogP contribution in [0.2, 0.25) is 0 Å². The summed E-state index contributed by atoms with van der Waals surface area (Å²) in [7, 11) is 0. The minimum absolute atomic E-state index is 0.141. The average Bonchev–Trinajstić information content (AvgIpc) is 3.11. The molecule has 2 aliphatic heterocycles. The lowest BCUT2D eigenvalue weighted by Crippen LogP contribution is -2.41. The topological polar surface area (TPSA) is 23.6 Å². The predicted octanol–water partition coefficient (Wildman–Crippen LogP) is 3.72. The van der Waals surface area contributed by atoms with Crippen LogP contribution in [0.25, 0.3) is 0 Å². The zero-order valence-electron chi connectivity index (χ0n) is 13.6. The summed E-state index contributed by atoms with van der Waals surface area (Å²) in [4.78, 5) is 17.3. The Morgan fingerprint density at radius 3 is 2.58 bits per heavy atom. The first-order chi connectivity index (χ1) is 11.7. The Morgan fingerprint density at radius 1 is 1.00 bits per heavy atom. The van der Waals surface area contributed by atoms with Crippen LogP contribution in [0.3, 0.4) is 0 Å². The summed E-state index contributed by atoms with van der Waals surface area (Å²) >= 11 is 3.50. The van der Waals surface area contributed by atoms with Crippen LogP contribution in [0.5, 0.6) is 0 Å². The molecule has 2 aromatic rings. The van der Waals surface area contributed by atoms with Crippen molar-refractivity contribution in [2.24, 2.45) is 0 Å². The highest BCUT2D eigenvalue weighted by molar-refractivity contribution is 9.10. The quantitative estimate of drug-likeness (QED) is 0.787. The SMILES string of the molecule is O=C(c1ccccc1Br)N1CCC(N2CCc3ccccc3C2)C1. The van der Waals surface area contributed by atoms with Crippen molar-refractivity contribution in [1.29, 1.82) is 0 Å². The fourth-order valence-electron chi connectivity index (χ4n) is 3.86. The Bertz CT molecular complexity index is 761. The minimum Gasteiger partial charge on any atom is -0.337 e. The largest absolute Gasteiger partial charge is 0.337 e. The number of hydrogen-bond donors (Lipinski definition) is 0. The zero-order chi connectivity index (χ0) is 16.5. The fourth-order valence-corrected chi connectivity index (χ4v) is 4.31. The van der Waals surface area contributed by atoms with Crippen molar-refractivity contribution >= 4 is 21.8 Å². The molecule has 0 saturated carbocycles. The molecule has 24 heavy (non-hydrogen) atoms. The number of likely N-dealkylation sites (tertiary alicyclic amines) is 1. The van der Waals surface area contributed by atoms with Gasteiger partial charge in [0.1, 0.15) is 0 Å². The minimum atomic E-state index is 0.141. The summed E-state index contributed by atoms with van der Waals surface area (Å²) < 4.78 is 0.880. The first-order valence-electron chi connectivity index (χ1n) is 8.57. The number of hydrogen-bond acceptors (Lipinski definition) is 2. The van der Waals surface area contributed by atoms with Crippen molar-refractivity contribution in [3.63, 3.8) is 0 Å².